The summed E-state index contributed by atoms with van der Waals surface area (Å²) in [6.07, 6.45) is 0. The standard InChI is InChI=1S/C15H19ClN2O5/c1-4-17-15(21)18-12(19)7-22-13(20)8-23-14-9(2)5-11(16)6-10(14)3/h5-6H,4,7-8H2,1-3H3,(H2,17,18,19,21). The molecule has 0 saturated heterocycles. The third kappa shape index (κ3) is 6.56. The molecule has 1 aromatic carbocycles. The van der Waals surface area contributed by atoms with E-state index < -0.39 is 24.5 Å². The summed E-state index contributed by atoms with van der Waals surface area (Å²) in [5.74, 6) is -0.897. The van der Waals surface area contributed by atoms with E-state index >= 15 is 0 Å². The van der Waals surface area contributed by atoms with Gasteiger partial charge in [-0.1, -0.05) is 11.6 Å². The zero-order valence-electron chi connectivity index (χ0n) is 13.2. The van der Waals surface area contributed by atoms with Gasteiger partial charge in [-0.25, -0.2) is 9.59 Å². The van der Waals surface area contributed by atoms with Gasteiger partial charge in [-0.05, 0) is 44.0 Å². The normalized spacial score (nSPS) is 9.91. The topological polar surface area (TPSA) is 93.7 Å². The highest BCUT2D eigenvalue weighted by Gasteiger charge is 2.12. The van der Waals surface area contributed by atoms with Crippen LogP contribution in [0.1, 0.15) is 18.1 Å². The van der Waals surface area contributed by atoms with Crippen LogP contribution in [0.15, 0.2) is 12.1 Å². The molecule has 8 heteroatoms. The molecule has 0 spiro atoms. The second-order valence-corrected chi connectivity index (χ2v) is 5.16. The Morgan fingerprint density at radius 1 is 1.13 bits per heavy atom. The average Bonchev–Trinajstić information content (AvgIpc) is 2.44. The molecule has 23 heavy (non-hydrogen) atoms. The third-order valence-electron chi connectivity index (χ3n) is 2.71. The lowest BCUT2D eigenvalue weighted by Gasteiger charge is -2.12. The molecule has 0 saturated carbocycles. The van der Waals surface area contributed by atoms with Crippen molar-refractivity contribution in [1.82, 2.24) is 10.6 Å². The maximum Gasteiger partial charge on any atom is 0.344 e. The fourth-order valence-corrected chi connectivity index (χ4v) is 2.14. The third-order valence-corrected chi connectivity index (χ3v) is 2.93. The number of amides is 3. The molecule has 0 atom stereocenters. The molecule has 126 valence electrons. The monoisotopic (exact) mass is 342 g/mol. The molecule has 0 radical (unpaired) electrons. The lowest BCUT2D eigenvalue weighted by Crippen LogP contribution is -2.41. The number of hydrogen-bond donors (Lipinski definition) is 2. The Kier molecular flexibility index (Phi) is 7.34. The molecule has 1 rings (SSSR count). The summed E-state index contributed by atoms with van der Waals surface area (Å²) in [6, 6.07) is 2.79. The molecule has 0 unspecified atom stereocenters. The number of carbonyl (C=O) groups excluding carboxylic acids is 3. The van der Waals surface area contributed by atoms with E-state index in [9.17, 15) is 14.4 Å². The average molecular weight is 343 g/mol. The van der Waals surface area contributed by atoms with E-state index in [-0.39, 0.29) is 6.61 Å². The Bertz CT molecular complexity index is 581. The van der Waals surface area contributed by atoms with Gasteiger partial charge in [0.15, 0.2) is 13.2 Å². The van der Waals surface area contributed by atoms with Gasteiger partial charge in [0.2, 0.25) is 0 Å². The van der Waals surface area contributed by atoms with Crippen molar-refractivity contribution in [2.24, 2.45) is 0 Å². The summed E-state index contributed by atoms with van der Waals surface area (Å²) in [4.78, 5) is 34.0. The number of esters is 1. The fraction of sp³-hybridized carbons (Fsp3) is 0.400. The van der Waals surface area contributed by atoms with Gasteiger partial charge >= 0.3 is 12.0 Å². The maximum absolute atomic E-state index is 11.6. The largest absolute Gasteiger partial charge is 0.481 e. The lowest BCUT2D eigenvalue weighted by atomic mass is 10.1. The van der Waals surface area contributed by atoms with Crippen LogP contribution in [0.5, 0.6) is 5.75 Å². The number of carbonyl (C=O) groups is 3. The van der Waals surface area contributed by atoms with Crippen molar-refractivity contribution in [3.8, 4) is 5.75 Å². The smallest absolute Gasteiger partial charge is 0.344 e. The van der Waals surface area contributed by atoms with Crippen molar-refractivity contribution in [2.45, 2.75) is 20.8 Å². The van der Waals surface area contributed by atoms with Crippen LogP contribution in [0.3, 0.4) is 0 Å². The Hall–Kier alpha value is -2.28. The first-order chi connectivity index (χ1) is 10.8. The van der Waals surface area contributed by atoms with Crippen LogP contribution in [0.25, 0.3) is 0 Å². The van der Waals surface area contributed by atoms with Gasteiger partial charge < -0.3 is 14.8 Å². The number of ether oxygens (including phenoxy) is 2. The second-order valence-electron chi connectivity index (χ2n) is 4.73. The minimum atomic E-state index is -0.719. The first-order valence-corrected chi connectivity index (χ1v) is 7.34. The maximum atomic E-state index is 11.6. The number of rotatable bonds is 6. The van der Waals surface area contributed by atoms with Gasteiger partial charge in [0.25, 0.3) is 5.91 Å². The summed E-state index contributed by atoms with van der Waals surface area (Å²) < 4.78 is 10.1. The van der Waals surface area contributed by atoms with Crippen LogP contribution in [-0.2, 0) is 14.3 Å². The lowest BCUT2D eigenvalue weighted by molar-refractivity contribution is -0.150. The van der Waals surface area contributed by atoms with Crippen LogP contribution in [0.4, 0.5) is 4.79 Å². The van der Waals surface area contributed by atoms with Gasteiger partial charge in [-0.3, -0.25) is 10.1 Å². The Balaban J connectivity index is 2.41. The number of halogens is 1. The Morgan fingerprint density at radius 3 is 2.30 bits per heavy atom. The van der Waals surface area contributed by atoms with Gasteiger partial charge in [0.1, 0.15) is 5.75 Å². The van der Waals surface area contributed by atoms with E-state index in [1.165, 1.54) is 0 Å². The van der Waals surface area contributed by atoms with E-state index in [1.807, 2.05) is 5.32 Å². The van der Waals surface area contributed by atoms with Crippen molar-refractivity contribution < 1.29 is 23.9 Å². The molecule has 0 aliphatic carbocycles. The first-order valence-electron chi connectivity index (χ1n) is 6.96. The number of imide groups is 1. The Morgan fingerprint density at radius 2 is 1.74 bits per heavy atom. The number of urea groups is 1. The fourth-order valence-electron chi connectivity index (χ4n) is 1.81. The summed E-state index contributed by atoms with van der Waals surface area (Å²) in [5.41, 5.74) is 1.58. The van der Waals surface area contributed by atoms with E-state index in [1.54, 1.807) is 32.9 Å². The van der Waals surface area contributed by atoms with E-state index in [4.69, 9.17) is 21.1 Å². The minimum absolute atomic E-state index is 0.349. The minimum Gasteiger partial charge on any atom is -0.481 e. The summed E-state index contributed by atoms with van der Waals surface area (Å²) in [7, 11) is 0. The van der Waals surface area contributed by atoms with Gasteiger partial charge in [0, 0.05) is 11.6 Å². The van der Waals surface area contributed by atoms with Gasteiger partial charge in [0.05, 0.1) is 0 Å². The molecule has 0 aromatic heterocycles. The van der Waals surface area contributed by atoms with Crippen LogP contribution >= 0.6 is 11.6 Å². The highest BCUT2D eigenvalue weighted by atomic mass is 35.5. The molecule has 0 fully saturated rings. The zero-order valence-corrected chi connectivity index (χ0v) is 14.0. The van der Waals surface area contributed by atoms with Crippen LogP contribution in [0.2, 0.25) is 5.02 Å². The summed E-state index contributed by atoms with van der Waals surface area (Å²) in [6.45, 7) is 4.79. The highest BCUT2D eigenvalue weighted by Crippen LogP contribution is 2.26. The predicted molar refractivity (Wildman–Crippen MR) is 84.6 cm³/mol. The van der Waals surface area contributed by atoms with Crippen molar-refractivity contribution in [3.05, 3.63) is 28.3 Å². The molecule has 0 aliphatic rings. The number of aryl methyl sites for hydroxylation is 2. The van der Waals surface area contributed by atoms with Gasteiger partial charge in [-0.15, -0.1) is 0 Å². The second kappa shape index (κ2) is 8.99. The number of hydrogen-bond acceptors (Lipinski definition) is 5. The van der Waals surface area contributed by atoms with Crippen LogP contribution in [-0.4, -0.2) is 37.7 Å². The van der Waals surface area contributed by atoms with Crippen molar-refractivity contribution >= 4 is 29.5 Å². The van der Waals surface area contributed by atoms with E-state index in [0.717, 1.165) is 11.1 Å². The Labute approximate surface area is 139 Å². The molecule has 2 N–H and O–H groups in total. The zero-order chi connectivity index (χ0) is 17.4. The van der Waals surface area contributed by atoms with Crippen molar-refractivity contribution in [3.63, 3.8) is 0 Å². The molecular formula is C15H19ClN2O5. The van der Waals surface area contributed by atoms with Crippen molar-refractivity contribution in [2.75, 3.05) is 19.8 Å². The van der Waals surface area contributed by atoms with Gasteiger partial charge in [-0.2, -0.15) is 0 Å². The highest BCUT2D eigenvalue weighted by molar-refractivity contribution is 6.30. The quantitative estimate of drug-likeness (QED) is 0.768. The SMILES string of the molecule is CCNC(=O)NC(=O)COC(=O)COc1c(C)cc(Cl)cc1C. The first kappa shape index (κ1) is 18.8. The predicted octanol–water partition coefficient (Wildman–Crippen LogP) is 1.72. The molecule has 3 amide bonds. The van der Waals surface area contributed by atoms with E-state index in [0.29, 0.717) is 17.3 Å². The molecular weight excluding hydrogens is 324 g/mol. The molecule has 1 aromatic rings. The molecule has 0 heterocycles. The molecule has 0 aliphatic heterocycles. The summed E-state index contributed by atoms with van der Waals surface area (Å²) >= 11 is 5.91. The number of benzene rings is 1. The van der Waals surface area contributed by atoms with E-state index in [2.05, 4.69) is 5.32 Å². The van der Waals surface area contributed by atoms with Crippen LogP contribution in [0, 0.1) is 13.8 Å². The molecule has 0 bridgehead atoms. The summed E-state index contributed by atoms with van der Waals surface area (Å²) in [5, 5.41) is 4.97. The van der Waals surface area contributed by atoms with Crippen molar-refractivity contribution in [1.29, 1.82) is 0 Å². The van der Waals surface area contributed by atoms with Crippen LogP contribution < -0.4 is 15.4 Å². The molecule has 7 nitrogen and oxygen atoms in total. The number of nitrogens with one attached hydrogen (secondary N) is 2.